The van der Waals surface area contributed by atoms with E-state index in [1.165, 1.54) is 10.8 Å². The summed E-state index contributed by atoms with van der Waals surface area (Å²) in [6.45, 7) is 10.6. The highest BCUT2D eigenvalue weighted by Crippen LogP contribution is 2.41. The first kappa shape index (κ1) is 20.3. The number of nitrogens with zero attached hydrogens (tertiary/aromatic N) is 2. The zero-order chi connectivity index (χ0) is 21.0. The molecular formula is C25H27N3O. The second-order valence-electron chi connectivity index (χ2n) is 6.98. The highest BCUT2D eigenvalue weighted by Gasteiger charge is 2.34. The van der Waals surface area contributed by atoms with Crippen molar-refractivity contribution in [3.05, 3.63) is 95.2 Å². The van der Waals surface area contributed by atoms with E-state index in [9.17, 15) is 5.26 Å². The highest BCUT2D eigenvalue weighted by molar-refractivity contribution is 5.86. The number of benzene rings is 2. The number of likely N-dealkylation sites (N-methyl/N-ethyl adjacent to an activating group) is 1. The fourth-order valence-corrected chi connectivity index (χ4v) is 3.92. The van der Waals surface area contributed by atoms with Crippen molar-refractivity contribution >= 4 is 10.8 Å². The number of allylic oxidation sites excluding steroid dienone is 4. The third-order valence-corrected chi connectivity index (χ3v) is 5.17. The fourth-order valence-electron chi connectivity index (χ4n) is 3.92. The molecule has 0 spiro atoms. The third-order valence-electron chi connectivity index (χ3n) is 5.17. The lowest BCUT2D eigenvalue weighted by Gasteiger charge is -2.41. The second-order valence-corrected chi connectivity index (χ2v) is 6.98. The SMILES string of the molecule is C=C(OCC)C1=C(C)N/C(=C(C#N)/C=C\C)N(C)C1c1cccc2ccccc12. The van der Waals surface area contributed by atoms with Gasteiger partial charge >= 0.3 is 0 Å². The minimum absolute atomic E-state index is 0.134. The summed E-state index contributed by atoms with van der Waals surface area (Å²) in [5, 5.41) is 15.5. The Bertz CT molecular complexity index is 1060. The smallest absolute Gasteiger partial charge is 0.124 e. The number of nitriles is 1. The maximum Gasteiger partial charge on any atom is 0.124 e. The van der Waals surface area contributed by atoms with Gasteiger partial charge in [-0.05, 0) is 43.2 Å². The van der Waals surface area contributed by atoms with E-state index in [2.05, 4.69) is 59.3 Å². The molecule has 4 heteroatoms. The van der Waals surface area contributed by atoms with Gasteiger partial charge in [-0.1, -0.05) is 55.1 Å². The molecule has 0 aromatic heterocycles. The van der Waals surface area contributed by atoms with E-state index < -0.39 is 0 Å². The van der Waals surface area contributed by atoms with Crippen molar-refractivity contribution in [3.8, 4) is 6.07 Å². The van der Waals surface area contributed by atoms with Gasteiger partial charge in [-0.15, -0.1) is 0 Å². The summed E-state index contributed by atoms with van der Waals surface area (Å²) >= 11 is 0. The van der Waals surface area contributed by atoms with E-state index in [4.69, 9.17) is 4.74 Å². The van der Waals surface area contributed by atoms with Gasteiger partial charge < -0.3 is 15.0 Å². The summed E-state index contributed by atoms with van der Waals surface area (Å²) in [5.41, 5.74) is 3.66. The molecule has 29 heavy (non-hydrogen) atoms. The Labute approximate surface area is 173 Å². The molecule has 0 bridgehead atoms. The topological polar surface area (TPSA) is 48.3 Å². The minimum Gasteiger partial charge on any atom is -0.494 e. The summed E-state index contributed by atoms with van der Waals surface area (Å²) in [6.07, 6.45) is 3.70. The van der Waals surface area contributed by atoms with Gasteiger partial charge in [0.1, 0.15) is 17.6 Å². The van der Waals surface area contributed by atoms with Crippen molar-refractivity contribution in [2.45, 2.75) is 26.8 Å². The van der Waals surface area contributed by atoms with Crippen molar-refractivity contribution in [3.63, 3.8) is 0 Å². The summed E-state index contributed by atoms with van der Waals surface area (Å²) in [6, 6.07) is 16.9. The van der Waals surface area contributed by atoms with Crippen LogP contribution in [0, 0.1) is 11.3 Å². The van der Waals surface area contributed by atoms with Crippen LogP contribution >= 0.6 is 0 Å². The molecule has 0 fully saturated rings. The quantitative estimate of drug-likeness (QED) is 0.541. The van der Waals surface area contributed by atoms with Gasteiger partial charge in [-0.2, -0.15) is 5.26 Å². The van der Waals surface area contributed by atoms with Gasteiger partial charge in [0.25, 0.3) is 0 Å². The Balaban J connectivity index is 2.30. The monoisotopic (exact) mass is 385 g/mol. The van der Waals surface area contributed by atoms with Crippen LogP contribution in [-0.4, -0.2) is 18.6 Å². The molecule has 0 saturated heterocycles. The van der Waals surface area contributed by atoms with Crippen molar-refractivity contribution in [1.29, 1.82) is 5.26 Å². The molecule has 2 aromatic carbocycles. The second kappa shape index (κ2) is 8.70. The molecule has 2 aromatic rings. The largest absolute Gasteiger partial charge is 0.494 e. The molecule has 4 nitrogen and oxygen atoms in total. The van der Waals surface area contributed by atoms with Crippen LogP contribution in [0.5, 0.6) is 0 Å². The normalized spacial score (nSPS) is 18.6. The van der Waals surface area contributed by atoms with Crippen molar-refractivity contribution in [1.82, 2.24) is 10.2 Å². The lowest BCUT2D eigenvalue weighted by atomic mass is 9.89. The zero-order valence-corrected chi connectivity index (χ0v) is 17.5. The summed E-state index contributed by atoms with van der Waals surface area (Å²) in [5.74, 6) is 1.42. The van der Waals surface area contributed by atoms with E-state index >= 15 is 0 Å². The molecule has 1 aliphatic rings. The van der Waals surface area contributed by atoms with Crippen LogP contribution in [0.15, 0.2) is 89.6 Å². The van der Waals surface area contributed by atoms with Gasteiger partial charge in [0.2, 0.25) is 0 Å². The van der Waals surface area contributed by atoms with Crippen molar-refractivity contribution in [2.24, 2.45) is 0 Å². The van der Waals surface area contributed by atoms with Gasteiger partial charge in [0, 0.05) is 18.3 Å². The standard InChI is InChI=1S/C25H27N3O/c1-6-11-20(16-26)25-27-17(3)23(18(4)29-7-2)24(28(25)5)22-15-10-13-19-12-8-9-14-21(19)22/h6,8-15,24,27H,4,7H2,1-3,5H3/b11-6-,25-20+. The molecule has 148 valence electrons. The van der Waals surface area contributed by atoms with E-state index in [1.54, 1.807) is 0 Å². The third kappa shape index (κ3) is 3.77. The van der Waals surface area contributed by atoms with E-state index in [-0.39, 0.29) is 6.04 Å². The first-order chi connectivity index (χ1) is 14.0. The van der Waals surface area contributed by atoms with Gasteiger partial charge in [0.05, 0.1) is 18.2 Å². The lowest BCUT2D eigenvalue weighted by Crippen LogP contribution is -2.40. The maximum atomic E-state index is 9.72. The molecular weight excluding hydrogens is 358 g/mol. The Hall–Kier alpha value is -3.45. The predicted octanol–water partition coefficient (Wildman–Crippen LogP) is 5.55. The average Bonchev–Trinajstić information content (AvgIpc) is 2.73. The van der Waals surface area contributed by atoms with Crippen LogP contribution in [0.25, 0.3) is 10.8 Å². The molecule has 0 radical (unpaired) electrons. The van der Waals surface area contributed by atoms with E-state index in [0.717, 1.165) is 22.7 Å². The summed E-state index contributed by atoms with van der Waals surface area (Å²) in [4.78, 5) is 2.10. The molecule has 0 aliphatic carbocycles. The molecule has 1 N–H and O–H groups in total. The predicted molar refractivity (Wildman–Crippen MR) is 119 cm³/mol. The number of fused-ring (bicyclic) bond motifs is 1. The summed E-state index contributed by atoms with van der Waals surface area (Å²) in [7, 11) is 2.00. The molecule has 1 heterocycles. The molecule has 1 aliphatic heterocycles. The molecule has 0 amide bonds. The average molecular weight is 386 g/mol. The molecule has 3 rings (SSSR count). The first-order valence-electron chi connectivity index (χ1n) is 9.80. The van der Waals surface area contributed by atoms with Crippen LogP contribution in [0.4, 0.5) is 0 Å². The van der Waals surface area contributed by atoms with E-state index in [0.29, 0.717) is 17.9 Å². The Morgan fingerprint density at radius 2 is 2.00 bits per heavy atom. The first-order valence-corrected chi connectivity index (χ1v) is 9.80. The number of hydrogen-bond donors (Lipinski definition) is 1. The Morgan fingerprint density at radius 1 is 1.28 bits per heavy atom. The molecule has 1 atom stereocenters. The number of hydrogen-bond acceptors (Lipinski definition) is 4. The number of nitrogens with one attached hydrogen (secondary N) is 1. The zero-order valence-electron chi connectivity index (χ0n) is 17.5. The highest BCUT2D eigenvalue weighted by atomic mass is 16.5. The van der Waals surface area contributed by atoms with Crippen LogP contribution in [0.1, 0.15) is 32.4 Å². The van der Waals surface area contributed by atoms with Crippen LogP contribution in [0.3, 0.4) is 0 Å². The van der Waals surface area contributed by atoms with Gasteiger partial charge in [-0.3, -0.25) is 0 Å². The molecule has 0 saturated carbocycles. The van der Waals surface area contributed by atoms with Crippen molar-refractivity contribution < 1.29 is 4.74 Å². The van der Waals surface area contributed by atoms with Gasteiger partial charge in [0.15, 0.2) is 0 Å². The Kier molecular flexibility index (Phi) is 6.09. The summed E-state index contributed by atoms with van der Waals surface area (Å²) < 4.78 is 5.82. The van der Waals surface area contributed by atoms with Crippen LogP contribution < -0.4 is 5.32 Å². The lowest BCUT2D eigenvalue weighted by molar-refractivity contribution is 0.216. The van der Waals surface area contributed by atoms with Gasteiger partial charge in [-0.25, -0.2) is 0 Å². The van der Waals surface area contributed by atoms with Crippen LogP contribution in [0.2, 0.25) is 0 Å². The number of ether oxygens (including phenoxy) is 1. The Morgan fingerprint density at radius 3 is 2.69 bits per heavy atom. The van der Waals surface area contributed by atoms with Crippen molar-refractivity contribution in [2.75, 3.05) is 13.7 Å². The number of rotatable bonds is 5. The fraction of sp³-hybridized carbons (Fsp3) is 0.240. The van der Waals surface area contributed by atoms with Crippen LogP contribution in [-0.2, 0) is 4.74 Å². The van der Waals surface area contributed by atoms with E-state index in [1.807, 2.05) is 46.0 Å². The minimum atomic E-state index is -0.134. The molecule has 1 unspecified atom stereocenters. The maximum absolute atomic E-state index is 9.72.